The first-order valence-electron chi connectivity index (χ1n) is 8.58. The van der Waals surface area contributed by atoms with Gasteiger partial charge in [-0.3, -0.25) is 4.79 Å². The SMILES string of the molecule is COC(=O)c1cc(C)sc1NC(=O)CSc1nnc(-c2ccc(OC)cc2)n1C. The molecule has 1 N–H and O–H groups in total. The van der Waals surface area contributed by atoms with Crippen molar-refractivity contribution >= 4 is 40.0 Å². The molecule has 2 aromatic heterocycles. The normalized spacial score (nSPS) is 10.6. The minimum atomic E-state index is -0.477. The Kier molecular flexibility index (Phi) is 6.55. The fourth-order valence-corrected chi connectivity index (χ4v) is 4.22. The van der Waals surface area contributed by atoms with Gasteiger partial charge in [0.05, 0.1) is 25.5 Å². The Labute approximate surface area is 176 Å². The number of nitrogens with zero attached hydrogens (tertiary/aromatic N) is 3. The third-order valence-electron chi connectivity index (χ3n) is 4.03. The quantitative estimate of drug-likeness (QED) is 0.452. The van der Waals surface area contributed by atoms with E-state index in [4.69, 9.17) is 9.47 Å². The molecule has 152 valence electrons. The molecule has 0 unspecified atom stereocenters. The van der Waals surface area contributed by atoms with Crippen LogP contribution in [-0.4, -0.2) is 46.6 Å². The summed E-state index contributed by atoms with van der Waals surface area (Å²) in [4.78, 5) is 25.1. The Morgan fingerprint density at radius 1 is 1.21 bits per heavy atom. The number of esters is 1. The van der Waals surface area contributed by atoms with E-state index in [1.54, 1.807) is 13.2 Å². The van der Waals surface area contributed by atoms with Crippen molar-refractivity contribution < 1.29 is 19.1 Å². The van der Waals surface area contributed by atoms with Gasteiger partial charge < -0.3 is 19.4 Å². The number of hydrogen-bond acceptors (Lipinski definition) is 8. The lowest BCUT2D eigenvalue weighted by atomic mass is 10.2. The molecule has 0 saturated heterocycles. The molecule has 0 saturated carbocycles. The number of carbonyl (C=O) groups excluding carboxylic acids is 2. The Bertz CT molecular complexity index is 1030. The van der Waals surface area contributed by atoms with Crippen LogP contribution >= 0.6 is 23.1 Å². The summed E-state index contributed by atoms with van der Waals surface area (Å²) >= 11 is 2.60. The van der Waals surface area contributed by atoms with Gasteiger partial charge in [-0.2, -0.15) is 0 Å². The number of amides is 1. The maximum atomic E-state index is 12.4. The van der Waals surface area contributed by atoms with Crippen LogP contribution in [0.25, 0.3) is 11.4 Å². The van der Waals surface area contributed by atoms with E-state index < -0.39 is 5.97 Å². The average molecular weight is 433 g/mol. The zero-order valence-corrected chi connectivity index (χ0v) is 18.0. The van der Waals surface area contributed by atoms with Gasteiger partial charge >= 0.3 is 5.97 Å². The molecule has 0 bridgehead atoms. The lowest BCUT2D eigenvalue weighted by Crippen LogP contribution is -2.16. The molecular weight excluding hydrogens is 412 g/mol. The van der Waals surface area contributed by atoms with Crippen molar-refractivity contribution in [1.29, 1.82) is 0 Å². The minimum Gasteiger partial charge on any atom is -0.497 e. The second kappa shape index (κ2) is 9.10. The van der Waals surface area contributed by atoms with Crippen LogP contribution in [0.2, 0.25) is 0 Å². The number of rotatable bonds is 7. The molecule has 3 rings (SSSR count). The number of carbonyl (C=O) groups is 2. The van der Waals surface area contributed by atoms with E-state index in [-0.39, 0.29) is 11.7 Å². The van der Waals surface area contributed by atoms with Crippen molar-refractivity contribution in [3.63, 3.8) is 0 Å². The summed E-state index contributed by atoms with van der Waals surface area (Å²) in [6.45, 7) is 1.86. The number of thiophene rings is 1. The predicted octanol–water partition coefficient (Wildman–Crippen LogP) is 3.38. The van der Waals surface area contributed by atoms with E-state index in [1.807, 2.05) is 42.8 Å². The van der Waals surface area contributed by atoms with E-state index in [2.05, 4.69) is 15.5 Å². The molecule has 0 aliphatic rings. The third-order valence-corrected chi connectivity index (χ3v) is 6.02. The van der Waals surface area contributed by atoms with E-state index >= 15 is 0 Å². The first-order chi connectivity index (χ1) is 13.9. The van der Waals surface area contributed by atoms with Crippen molar-refractivity contribution in [1.82, 2.24) is 14.8 Å². The second-order valence-corrected chi connectivity index (χ2v) is 8.22. The molecule has 1 aromatic carbocycles. The highest BCUT2D eigenvalue weighted by molar-refractivity contribution is 7.99. The second-order valence-electron chi connectivity index (χ2n) is 6.02. The Morgan fingerprint density at radius 3 is 2.59 bits per heavy atom. The van der Waals surface area contributed by atoms with Crippen LogP contribution in [0.15, 0.2) is 35.5 Å². The number of aryl methyl sites for hydroxylation is 1. The van der Waals surface area contributed by atoms with Gasteiger partial charge in [-0.05, 0) is 37.3 Å². The smallest absolute Gasteiger partial charge is 0.340 e. The van der Waals surface area contributed by atoms with Gasteiger partial charge in [0, 0.05) is 17.5 Å². The van der Waals surface area contributed by atoms with Gasteiger partial charge in [-0.1, -0.05) is 11.8 Å². The number of hydrogen-bond donors (Lipinski definition) is 1. The molecule has 3 aromatic rings. The molecule has 0 radical (unpaired) electrons. The summed E-state index contributed by atoms with van der Waals surface area (Å²) in [5, 5.41) is 12.3. The van der Waals surface area contributed by atoms with E-state index in [1.165, 1.54) is 30.2 Å². The first kappa shape index (κ1) is 20.9. The Hall–Kier alpha value is -2.85. The fraction of sp³-hybridized carbons (Fsp3) is 0.263. The zero-order chi connectivity index (χ0) is 21.0. The van der Waals surface area contributed by atoms with E-state index in [0.717, 1.165) is 16.2 Å². The molecule has 2 heterocycles. The van der Waals surface area contributed by atoms with Crippen LogP contribution in [0.1, 0.15) is 15.2 Å². The van der Waals surface area contributed by atoms with Gasteiger partial charge in [0.25, 0.3) is 0 Å². The Balaban J connectivity index is 1.65. The van der Waals surface area contributed by atoms with Crippen LogP contribution in [0.3, 0.4) is 0 Å². The first-order valence-corrected chi connectivity index (χ1v) is 10.4. The summed E-state index contributed by atoms with van der Waals surface area (Å²) < 4.78 is 11.8. The summed E-state index contributed by atoms with van der Waals surface area (Å²) in [7, 11) is 4.77. The number of anilines is 1. The molecule has 10 heteroatoms. The van der Waals surface area contributed by atoms with Gasteiger partial charge in [-0.25, -0.2) is 4.79 Å². The largest absolute Gasteiger partial charge is 0.497 e. The standard InChI is InChI=1S/C19H20N4O4S2/c1-11-9-14(18(25)27-4)17(29-11)20-15(24)10-28-19-22-21-16(23(19)2)12-5-7-13(26-3)8-6-12/h5-9H,10H2,1-4H3,(H,20,24). The molecule has 29 heavy (non-hydrogen) atoms. The van der Waals surface area contributed by atoms with Gasteiger partial charge in [0.2, 0.25) is 5.91 Å². The number of nitrogens with one attached hydrogen (secondary N) is 1. The molecule has 8 nitrogen and oxygen atoms in total. The maximum Gasteiger partial charge on any atom is 0.340 e. The summed E-state index contributed by atoms with van der Waals surface area (Å²) in [5.41, 5.74) is 1.25. The number of methoxy groups -OCH3 is 2. The van der Waals surface area contributed by atoms with Crippen molar-refractivity contribution in [3.8, 4) is 17.1 Å². The van der Waals surface area contributed by atoms with Crippen molar-refractivity contribution in [2.24, 2.45) is 7.05 Å². The number of benzene rings is 1. The molecule has 0 spiro atoms. The van der Waals surface area contributed by atoms with Crippen molar-refractivity contribution in [3.05, 3.63) is 40.8 Å². The summed E-state index contributed by atoms with van der Waals surface area (Å²) in [6, 6.07) is 9.20. The average Bonchev–Trinajstić information content (AvgIpc) is 3.28. The highest BCUT2D eigenvalue weighted by atomic mass is 32.2. The molecule has 0 aliphatic carbocycles. The predicted molar refractivity (Wildman–Crippen MR) is 113 cm³/mol. The van der Waals surface area contributed by atoms with Crippen LogP contribution in [-0.2, 0) is 16.6 Å². The van der Waals surface area contributed by atoms with Gasteiger partial charge in [0.1, 0.15) is 10.8 Å². The van der Waals surface area contributed by atoms with Crippen LogP contribution < -0.4 is 10.1 Å². The summed E-state index contributed by atoms with van der Waals surface area (Å²) in [6.07, 6.45) is 0. The lowest BCUT2D eigenvalue weighted by molar-refractivity contribution is -0.113. The number of aromatic nitrogens is 3. The highest BCUT2D eigenvalue weighted by Gasteiger charge is 2.18. The van der Waals surface area contributed by atoms with Crippen LogP contribution in [0.4, 0.5) is 5.00 Å². The van der Waals surface area contributed by atoms with E-state index in [0.29, 0.717) is 21.5 Å². The van der Waals surface area contributed by atoms with Gasteiger partial charge in [0.15, 0.2) is 11.0 Å². The molecule has 0 fully saturated rings. The Morgan fingerprint density at radius 2 is 1.93 bits per heavy atom. The number of thioether (sulfide) groups is 1. The molecule has 0 atom stereocenters. The van der Waals surface area contributed by atoms with Crippen molar-refractivity contribution in [2.45, 2.75) is 12.1 Å². The fourth-order valence-electron chi connectivity index (χ4n) is 2.59. The molecule has 1 amide bonds. The zero-order valence-electron chi connectivity index (χ0n) is 16.4. The van der Waals surface area contributed by atoms with E-state index in [9.17, 15) is 9.59 Å². The highest BCUT2D eigenvalue weighted by Crippen LogP contribution is 2.29. The van der Waals surface area contributed by atoms with Crippen molar-refractivity contribution in [2.75, 3.05) is 25.3 Å². The number of ether oxygens (including phenoxy) is 2. The summed E-state index contributed by atoms with van der Waals surface area (Å²) in [5.74, 6) is 0.868. The third kappa shape index (κ3) is 4.77. The van der Waals surface area contributed by atoms with Crippen LogP contribution in [0, 0.1) is 6.92 Å². The lowest BCUT2D eigenvalue weighted by Gasteiger charge is -2.06. The maximum absolute atomic E-state index is 12.4. The molecule has 0 aliphatic heterocycles. The topological polar surface area (TPSA) is 95.3 Å². The van der Waals surface area contributed by atoms with Gasteiger partial charge in [-0.15, -0.1) is 21.5 Å². The molecular formula is C19H20N4O4S2. The monoisotopic (exact) mass is 432 g/mol. The minimum absolute atomic E-state index is 0.131. The van der Waals surface area contributed by atoms with Crippen LogP contribution in [0.5, 0.6) is 5.75 Å².